The zero-order chi connectivity index (χ0) is 16.5. The number of aliphatic hydroxyl groups excluding tert-OH is 1. The fraction of sp³-hybridized carbons (Fsp3) is 1.00. The number of nitrogens with zero attached hydrogens (tertiary/aromatic N) is 1. The van der Waals surface area contributed by atoms with Crippen LogP contribution in [0.25, 0.3) is 0 Å². The van der Waals surface area contributed by atoms with E-state index < -0.39 is 6.29 Å². The van der Waals surface area contributed by atoms with Gasteiger partial charge in [-0.15, -0.1) is 0 Å². The highest BCUT2D eigenvalue weighted by Gasteiger charge is 2.84. The van der Waals surface area contributed by atoms with E-state index in [1.54, 1.807) is 0 Å². The Morgan fingerprint density at radius 3 is 2.83 bits per heavy atom. The van der Waals surface area contributed by atoms with Crippen LogP contribution in [0.1, 0.15) is 65.7 Å². The van der Waals surface area contributed by atoms with Gasteiger partial charge in [0, 0.05) is 36.4 Å². The van der Waals surface area contributed by atoms with Crippen LogP contribution >= 0.6 is 0 Å². The molecule has 10 atom stereocenters. The van der Waals surface area contributed by atoms with Crippen molar-refractivity contribution in [1.82, 2.24) is 4.90 Å². The van der Waals surface area contributed by atoms with Gasteiger partial charge >= 0.3 is 0 Å². The van der Waals surface area contributed by atoms with Crippen LogP contribution in [-0.2, 0) is 4.74 Å². The van der Waals surface area contributed by atoms with Crippen molar-refractivity contribution in [2.24, 2.45) is 34.5 Å². The third kappa shape index (κ3) is 1.26. The van der Waals surface area contributed by atoms with E-state index in [0.717, 1.165) is 30.2 Å². The van der Waals surface area contributed by atoms with Gasteiger partial charge in [-0.2, -0.15) is 0 Å². The maximum atomic E-state index is 10.8. The van der Waals surface area contributed by atoms with Gasteiger partial charge in [0.05, 0.1) is 5.60 Å². The van der Waals surface area contributed by atoms with E-state index in [1.807, 2.05) is 0 Å². The Labute approximate surface area is 146 Å². The lowest BCUT2D eigenvalue weighted by molar-refractivity contribution is -0.359. The fourth-order valence-corrected chi connectivity index (χ4v) is 9.54. The normalized spacial score (nSPS) is 66.1. The highest BCUT2D eigenvalue weighted by Crippen LogP contribution is 2.80. The van der Waals surface area contributed by atoms with Crippen molar-refractivity contribution in [2.75, 3.05) is 6.54 Å². The average Bonchev–Trinajstić information content (AvgIpc) is 2.81. The third-order valence-electron chi connectivity index (χ3n) is 10.1. The summed E-state index contributed by atoms with van der Waals surface area (Å²) in [5, 5.41) is 10.8. The number of piperidine rings is 3. The maximum Gasteiger partial charge on any atom is 0.156 e. The number of rotatable bonds is 1. The summed E-state index contributed by atoms with van der Waals surface area (Å²) < 4.78 is 6.61. The van der Waals surface area contributed by atoms with Gasteiger partial charge in [-0.25, -0.2) is 0 Å². The molecule has 24 heavy (non-hydrogen) atoms. The molecule has 0 amide bonds. The van der Waals surface area contributed by atoms with Gasteiger partial charge in [0.25, 0.3) is 0 Å². The van der Waals surface area contributed by atoms with Crippen LogP contribution in [0, 0.1) is 34.5 Å². The van der Waals surface area contributed by atoms with Crippen molar-refractivity contribution in [3.05, 3.63) is 0 Å². The summed E-state index contributed by atoms with van der Waals surface area (Å²) >= 11 is 0. The van der Waals surface area contributed by atoms with Gasteiger partial charge in [0.15, 0.2) is 6.29 Å². The second kappa shape index (κ2) is 4.23. The molecular weight excluding hydrogens is 298 g/mol. The minimum atomic E-state index is -0.518. The highest BCUT2D eigenvalue weighted by atomic mass is 16.6. The van der Waals surface area contributed by atoms with Crippen molar-refractivity contribution >= 4 is 0 Å². The number of aliphatic hydroxyl groups is 1. The maximum absolute atomic E-state index is 10.8. The minimum absolute atomic E-state index is 0.00424. The molecule has 3 nitrogen and oxygen atoms in total. The summed E-state index contributed by atoms with van der Waals surface area (Å²) in [5.41, 5.74) is 0.598. The Bertz CT molecular complexity index is 592. The van der Waals surface area contributed by atoms with E-state index in [0.29, 0.717) is 17.4 Å². The van der Waals surface area contributed by atoms with Gasteiger partial charge in [0.1, 0.15) is 0 Å². The standard InChI is InChI=1S/C21H33NO2/c1-12(2)14-6-8-19(3)13-9-15-16-5-4-7-21(15)20(19,10-17(23)24-21)18(14)22(16)11-13/h12-18,23H,4-11H2,1-3H3/t13-,14-,15-,16?,17-,18+,19+,20+,21+/m1/s1. The molecule has 2 unspecified atom stereocenters. The Kier molecular flexibility index (Phi) is 2.64. The Balaban J connectivity index is 1.64. The van der Waals surface area contributed by atoms with E-state index in [9.17, 15) is 5.11 Å². The summed E-state index contributed by atoms with van der Waals surface area (Å²) in [6, 6.07) is 1.40. The van der Waals surface area contributed by atoms with Crippen molar-refractivity contribution in [3.8, 4) is 0 Å². The lowest BCUT2D eigenvalue weighted by atomic mass is 9.31. The van der Waals surface area contributed by atoms with Gasteiger partial charge in [0.2, 0.25) is 0 Å². The predicted molar refractivity (Wildman–Crippen MR) is 92.3 cm³/mol. The van der Waals surface area contributed by atoms with Crippen LogP contribution in [0.15, 0.2) is 0 Å². The molecule has 0 aromatic carbocycles. The summed E-state index contributed by atoms with van der Waals surface area (Å²) in [6.45, 7) is 8.81. The van der Waals surface area contributed by atoms with Crippen molar-refractivity contribution in [3.63, 3.8) is 0 Å². The van der Waals surface area contributed by atoms with Crippen LogP contribution in [0.2, 0.25) is 0 Å². The molecule has 4 saturated heterocycles. The molecule has 3 heteroatoms. The third-order valence-corrected chi connectivity index (χ3v) is 10.1. The largest absolute Gasteiger partial charge is 0.368 e. The Morgan fingerprint density at radius 2 is 2.04 bits per heavy atom. The first kappa shape index (κ1) is 15.0. The second-order valence-corrected chi connectivity index (χ2v) is 10.6. The lowest BCUT2D eigenvalue weighted by Gasteiger charge is -2.81. The number of ether oxygens (including phenoxy) is 1. The fourth-order valence-electron chi connectivity index (χ4n) is 9.54. The minimum Gasteiger partial charge on any atom is -0.368 e. The molecule has 7 aliphatic rings. The lowest BCUT2D eigenvalue weighted by Crippen LogP contribution is -2.86. The molecule has 7 fully saturated rings. The molecule has 2 spiro atoms. The van der Waals surface area contributed by atoms with E-state index >= 15 is 0 Å². The highest BCUT2D eigenvalue weighted by molar-refractivity contribution is 5.33. The topological polar surface area (TPSA) is 32.7 Å². The van der Waals surface area contributed by atoms with E-state index in [4.69, 9.17) is 4.74 Å². The Hall–Kier alpha value is -0.120. The zero-order valence-electron chi connectivity index (χ0n) is 15.5. The quantitative estimate of drug-likeness (QED) is 0.799. The van der Waals surface area contributed by atoms with E-state index in [2.05, 4.69) is 25.7 Å². The first-order valence-corrected chi connectivity index (χ1v) is 10.6. The van der Waals surface area contributed by atoms with Crippen LogP contribution in [0.3, 0.4) is 0 Å². The predicted octanol–water partition coefficient (Wildman–Crippen LogP) is 3.41. The van der Waals surface area contributed by atoms with Gasteiger partial charge in [-0.1, -0.05) is 20.8 Å². The van der Waals surface area contributed by atoms with Crippen molar-refractivity contribution in [1.29, 1.82) is 0 Å². The van der Waals surface area contributed by atoms with E-state index in [1.165, 1.54) is 45.1 Å². The summed E-state index contributed by atoms with van der Waals surface area (Å²) in [7, 11) is 0. The SMILES string of the molecule is CC(C)[C@H]1CC[C@@]2(C)[C@@H]3C[C@@H]4C5CCC[C@]46O[C@@H](O)C[C@]26[C@H]1N5C3. The van der Waals surface area contributed by atoms with Gasteiger partial charge < -0.3 is 9.84 Å². The second-order valence-electron chi connectivity index (χ2n) is 10.6. The zero-order valence-corrected chi connectivity index (χ0v) is 15.5. The van der Waals surface area contributed by atoms with Crippen LogP contribution in [-0.4, -0.2) is 40.5 Å². The average molecular weight is 332 g/mol. The van der Waals surface area contributed by atoms with E-state index in [-0.39, 0.29) is 11.0 Å². The number of hydrogen-bond donors (Lipinski definition) is 1. The molecule has 0 aromatic rings. The molecule has 4 aliphatic heterocycles. The monoisotopic (exact) mass is 331 g/mol. The van der Waals surface area contributed by atoms with Crippen LogP contribution in [0.5, 0.6) is 0 Å². The molecule has 3 saturated carbocycles. The van der Waals surface area contributed by atoms with Gasteiger partial charge in [-0.05, 0) is 61.7 Å². The molecule has 0 aromatic heterocycles. The molecule has 8 bridgehead atoms. The molecule has 3 aliphatic carbocycles. The smallest absolute Gasteiger partial charge is 0.156 e. The molecule has 0 radical (unpaired) electrons. The molecule has 7 rings (SSSR count). The van der Waals surface area contributed by atoms with Gasteiger partial charge in [-0.3, -0.25) is 4.90 Å². The molecule has 1 N–H and O–H groups in total. The van der Waals surface area contributed by atoms with Crippen LogP contribution in [0.4, 0.5) is 0 Å². The Morgan fingerprint density at radius 1 is 1.21 bits per heavy atom. The van der Waals surface area contributed by atoms with Crippen LogP contribution < -0.4 is 0 Å². The molecular formula is C21H33NO2. The number of hydrogen-bond acceptors (Lipinski definition) is 3. The summed E-state index contributed by atoms with van der Waals surface area (Å²) in [4.78, 5) is 2.98. The first-order chi connectivity index (χ1) is 11.4. The first-order valence-electron chi connectivity index (χ1n) is 10.6. The summed E-state index contributed by atoms with van der Waals surface area (Å²) in [6.07, 6.45) is 8.38. The summed E-state index contributed by atoms with van der Waals surface area (Å²) in [5.74, 6) is 3.05. The van der Waals surface area contributed by atoms with Crippen molar-refractivity contribution in [2.45, 2.75) is 89.7 Å². The molecule has 4 heterocycles. The molecule has 134 valence electrons. The van der Waals surface area contributed by atoms with Crippen molar-refractivity contribution < 1.29 is 9.84 Å².